The maximum Gasteiger partial charge on any atom is 0.407 e. The Morgan fingerprint density at radius 2 is 1.68 bits per heavy atom. The summed E-state index contributed by atoms with van der Waals surface area (Å²) < 4.78 is 10.5. The fourth-order valence-electron chi connectivity index (χ4n) is 5.01. The van der Waals surface area contributed by atoms with Gasteiger partial charge in [0.05, 0.1) is 5.92 Å². The Kier molecular flexibility index (Phi) is 7.47. The van der Waals surface area contributed by atoms with E-state index in [0.717, 1.165) is 28.7 Å². The molecule has 3 atom stereocenters. The van der Waals surface area contributed by atoms with Crippen LogP contribution in [0.4, 0.5) is 4.79 Å². The molecular weight excluding hydrogens is 436 g/mol. The van der Waals surface area contributed by atoms with Crippen molar-refractivity contribution in [3.63, 3.8) is 0 Å². The second kappa shape index (κ2) is 10.7. The van der Waals surface area contributed by atoms with Gasteiger partial charge in [-0.1, -0.05) is 55.0 Å². The first kappa shape index (κ1) is 23.8. The lowest BCUT2D eigenvalue weighted by atomic mass is 9.98. The van der Waals surface area contributed by atoms with Gasteiger partial charge in [0.2, 0.25) is 5.91 Å². The minimum atomic E-state index is -1.11. The zero-order valence-electron chi connectivity index (χ0n) is 19.2. The fraction of sp³-hybridized carbons (Fsp3) is 0.423. The van der Waals surface area contributed by atoms with E-state index in [1.165, 1.54) is 7.11 Å². The van der Waals surface area contributed by atoms with Gasteiger partial charge in [-0.2, -0.15) is 0 Å². The largest absolute Gasteiger partial charge is 0.480 e. The van der Waals surface area contributed by atoms with Crippen LogP contribution in [0.5, 0.6) is 0 Å². The van der Waals surface area contributed by atoms with Crippen molar-refractivity contribution in [2.75, 3.05) is 20.3 Å². The van der Waals surface area contributed by atoms with E-state index in [2.05, 4.69) is 34.9 Å². The normalized spacial score (nSPS) is 19.7. The highest BCUT2D eigenvalue weighted by molar-refractivity contribution is 5.86. The number of fused-ring (bicyclic) bond motifs is 3. The van der Waals surface area contributed by atoms with Crippen molar-refractivity contribution < 1.29 is 29.0 Å². The molecule has 1 fully saturated rings. The first-order valence-corrected chi connectivity index (χ1v) is 11.6. The van der Waals surface area contributed by atoms with Gasteiger partial charge in [0.15, 0.2) is 0 Å². The monoisotopic (exact) mass is 466 g/mol. The van der Waals surface area contributed by atoms with Crippen LogP contribution >= 0.6 is 0 Å². The average molecular weight is 467 g/mol. The van der Waals surface area contributed by atoms with Crippen molar-refractivity contribution >= 4 is 18.0 Å². The highest BCUT2D eigenvalue weighted by atomic mass is 16.5. The van der Waals surface area contributed by atoms with Gasteiger partial charge in [-0.25, -0.2) is 9.59 Å². The Hall–Kier alpha value is -3.39. The maximum absolute atomic E-state index is 12.7. The number of hydrogen-bond donors (Lipinski definition) is 3. The molecule has 0 heterocycles. The minimum absolute atomic E-state index is 0.0436. The number of aliphatic carboxylic acids is 1. The maximum atomic E-state index is 12.7. The van der Waals surface area contributed by atoms with E-state index in [9.17, 15) is 19.5 Å². The lowest BCUT2D eigenvalue weighted by molar-refractivity contribution is -0.143. The molecule has 2 aromatic rings. The number of amides is 2. The number of benzene rings is 2. The molecule has 1 saturated carbocycles. The van der Waals surface area contributed by atoms with Crippen LogP contribution < -0.4 is 10.6 Å². The number of alkyl carbamates (subject to hydrolysis) is 1. The molecule has 0 aromatic heterocycles. The fourth-order valence-corrected chi connectivity index (χ4v) is 5.01. The number of nitrogens with one attached hydrogen (secondary N) is 2. The van der Waals surface area contributed by atoms with Gasteiger partial charge in [0.25, 0.3) is 0 Å². The molecule has 3 N–H and O–H groups in total. The van der Waals surface area contributed by atoms with Crippen LogP contribution in [0.15, 0.2) is 48.5 Å². The third kappa shape index (κ3) is 5.07. The lowest BCUT2D eigenvalue weighted by Gasteiger charge is -2.23. The molecule has 4 rings (SSSR count). The molecule has 0 saturated heterocycles. The van der Waals surface area contributed by atoms with Crippen molar-refractivity contribution in [1.82, 2.24) is 10.6 Å². The van der Waals surface area contributed by atoms with E-state index < -0.39 is 30.1 Å². The highest BCUT2D eigenvalue weighted by Crippen LogP contribution is 2.44. The van der Waals surface area contributed by atoms with Crippen LogP contribution in [0.3, 0.4) is 0 Å². The van der Waals surface area contributed by atoms with Crippen molar-refractivity contribution in [3.05, 3.63) is 59.7 Å². The Morgan fingerprint density at radius 1 is 1.03 bits per heavy atom. The number of carboxylic acids is 1. The molecule has 2 aromatic carbocycles. The molecule has 0 bridgehead atoms. The highest BCUT2D eigenvalue weighted by Gasteiger charge is 2.36. The minimum Gasteiger partial charge on any atom is -0.480 e. The summed E-state index contributed by atoms with van der Waals surface area (Å²) in [5, 5.41) is 14.8. The van der Waals surface area contributed by atoms with Gasteiger partial charge in [0.1, 0.15) is 12.6 Å². The van der Waals surface area contributed by atoms with Gasteiger partial charge in [0, 0.05) is 32.1 Å². The first-order valence-electron chi connectivity index (χ1n) is 11.6. The number of methoxy groups -OCH3 is 1. The number of carboxylic acid groups (broad SMARTS) is 1. The van der Waals surface area contributed by atoms with Crippen LogP contribution in [-0.4, -0.2) is 55.5 Å². The standard InChI is InChI=1S/C26H30N2O6/c1-33-14-13-23(25(30)31)27-24(29)20-11-6-12-22(20)28-26(32)34-15-21-18-9-4-2-7-16(18)17-8-3-5-10-19(17)21/h2-5,7-10,20-23H,6,11-15H2,1H3,(H,27,29)(H,28,32)(H,30,31)/t20-,22+,23?/m1/s1. The van der Waals surface area contributed by atoms with Gasteiger partial charge in [-0.05, 0) is 35.1 Å². The van der Waals surface area contributed by atoms with E-state index in [0.29, 0.717) is 12.8 Å². The van der Waals surface area contributed by atoms with Crippen LogP contribution in [-0.2, 0) is 19.1 Å². The molecule has 180 valence electrons. The predicted molar refractivity (Wildman–Crippen MR) is 125 cm³/mol. The smallest absolute Gasteiger partial charge is 0.407 e. The number of ether oxygens (including phenoxy) is 2. The summed E-state index contributed by atoms with van der Waals surface area (Å²) in [5.41, 5.74) is 4.57. The zero-order chi connectivity index (χ0) is 24.1. The molecule has 2 aliphatic carbocycles. The Labute approximate surface area is 198 Å². The van der Waals surface area contributed by atoms with Crippen LogP contribution in [0, 0.1) is 5.92 Å². The second-order valence-electron chi connectivity index (χ2n) is 8.79. The number of hydrogen-bond acceptors (Lipinski definition) is 5. The SMILES string of the molecule is COCCC(NC(=O)[C@@H]1CCC[C@@H]1NC(=O)OCC1c2ccccc2-c2ccccc21)C(=O)O. The van der Waals surface area contributed by atoms with E-state index in [1.807, 2.05) is 24.3 Å². The topological polar surface area (TPSA) is 114 Å². The molecule has 8 nitrogen and oxygen atoms in total. The summed E-state index contributed by atoms with van der Waals surface area (Å²) in [6.07, 6.45) is 1.59. The van der Waals surface area contributed by atoms with Gasteiger partial charge in [-0.3, -0.25) is 4.79 Å². The number of carbonyl (C=O) groups is 3. The Bertz CT molecular complexity index is 1010. The quantitative estimate of drug-likeness (QED) is 0.523. The molecular formula is C26H30N2O6. The zero-order valence-corrected chi connectivity index (χ0v) is 19.2. The summed E-state index contributed by atoms with van der Waals surface area (Å²) in [7, 11) is 1.48. The Morgan fingerprint density at radius 3 is 2.29 bits per heavy atom. The average Bonchev–Trinajstić information content (AvgIpc) is 3.42. The van der Waals surface area contributed by atoms with E-state index in [-0.39, 0.29) is 31.5 Å². The van der Waals surface area contributed by atoms with Crippen LogP contribution in [0.25, 0.3) is 11.1 Å². The molecule has 0 spiro atoms. The van der Waals surface area contributed by atoms with Crippen molar-refractivity contribution in [1.29, 1.82) is 0 Å². The van der Waals surface area contributed by atoms with Crippen molar-refractivity contribution in [3.8, 4) is 11.1 Å². The molecule has 1 unspecified atom stereocenters. The number of carbonyl (C=O) groups excluding carboxylic acids is 2. The van der Waals surface area contributed by atoms with Gasteiger partial charge < -0.3 is 25.2 Å². The summed E-state index contributed by atoms with van der Waals surface area (Å²) in [5.74, 6) is -2.02. The van der Waals surface area contributed by atoms with E-state index >= 15 is 0 Å². The van der Waals surface area contributed by atoms with E-state index in [4.69, 9.17) is 9.47 Å². The third-order valence-electron chi connectivity index (χ3n) is 6.72. The van der Waals surface area contributed by atoms with Crippen LogP contribution in [0.2, 0.25) is 0 Å². The van der Waals surface area contributed by atoms with Crippen LogP contribution in [0.1, 0.15) is 42.7 Å². The summed E-state index contributed by atoms with van der Waals surface area (Å²) in [4.78, 5) is 36.8. The molecule has 2 aliphatic rings. The Balaban J connectivity index is 1.35. The molecule has 0 radical (unpaired) electrons. The molecule has 0 aliphatic heterocycles. The molecule has 2 amide bonds. The second-order valence-corrected chi connectivity index (χ2v) is 8.79. The first-order chi connectivity index (χ1) is 16.5. The van der Waals surface area contributed by atoms with Gasteiger partial charge in [-0.15, -0.1) is 0 Å². The predicted octanol–water partition coefficient (Wildman–Crippen LogP) is 3.30. The summed E-state index contributed by atoms with van der Waals surface area (Å²) in [6, 6.07) is 14.8. The summed E-state index contributed by atoms with van der Waals surface area (Å²) >= 11 is 0. The van der Waals surface area contributed by atoms with E-state index in [1.54, 1.807) is 0 Å². The van der Waals surface area contributed by atoms with Crippen molar-refractivity contribution in [2.45, 2.75) is 43.7 Å². The summed E-state index contributed by atoms with van der Waals surface area (Å²) in [6.45, 7) is 0.422. The third-order valence-corrected chi connectivity index (χ3v) is 6.72. The molecule has 34 heavy (non-hydrogen) atoms. The van der Waals surface area contributed by atoms with Gasteiger partial charge >= 0.3 is 12.1 Å². The molecule has 8 heteroatoms. The number of rotatable bonds is 9. The van der Waals surface area contributed by atoms with Crippen molar-refractivity contribution in [2.24, 2.45) is 5.92 Å². The lowest BCUT2D eigenvalue weighted by Crippen LogP contribution is -2.49.